The molecule has 0 aliphatic heterocycles. The van der Waals surface area contributed by atoms with Crippen LogP contribution in [0.1, 0.15) is 22.3 Å². The van der Waals surface area contributed by atoms with E-state index in [0.29, 0.717) is 29.8 Å². The number of carbonyl (C=O) groups is 3. The quantitative estimate of drug-likeness (QED) is 0.416. The maximum Gasteiger partial charge on any atom is 0.251 e. The molecule has 3 aromatic carbocycles. The molecule has 0 heterocycles. The van der Waals surface area contributed by atoms with E-state index in [4.69, 9.17) is 0 Å². The van der Waals surface area contributed by atoms with Gasteiger partial charge in [-0.15, -0.1) is 0 Å². The zero-order chi connectivity index (χ0) is 22.8. The average molecular weight is 431 g/mol. The molecule has 0 aromatic heterocycles. The van der Waals surface area contributed by atoms with Gasteiger partial charge in [0.15, 0.2) is 0 Å². The molecule has 0 aliphatic rings. The lowest BCUT2D eigenvalue weighted by Gasteiger charge is -2.10. The first-order valence-electron chi connectivity index (χ1n) is 10.3. The molecule has 0 unspecified atom stereocenters. The van der Waals surface area contributed by atoms with Gasteiger partial charge >= 0.3 is 0 Å². The summed E-state index contributed by atoms with van der Waals surface area (Å²) >= 11 is 0. The second-order valence-electron chi connectivity index (χ2n) is 7.17. The van der Waals surface area contributed by atoms with Gasteiger partial charge < -0.3 is 21.3 Å². The molecule has 0 fully saturated rings. The third kappa shape index (κ3) is 6.98. The molecule has 7 heteroatoms. The van der Waals surface area contributed by atoms with Crippen LogP contribution < -0.4 is 21.3 Å². The average Bonchev–Trinajstić information content (AvgIpc) is 2.83. The topological polar surface area (TPSA) is 99.3 Å². The van der Waals surface area contributed by atoms with E-state index in [1.807, 2.05) is 30.3 Å². The SMILES string of the molecule is CNC(=O)c1ccc(NC(=O)CNc2ccc(NC(=O)CCc3ccccc3)cc2)cc1. The van der Waals surface area contributed by atoms with Crippen LogP contribution in [0, 0.1) is 0 Å². The third-order valence-corrected chi connectivity index (χ3v) is 4.76. The number of anilines is 3. The number of hydrogen-bond acceptors (Lipinski definition) is 4. The van der Waals surface area contributed by atoms with Crippen molar-refractivity contribution in [3.8, 4) is 0 Å². The third-order valence-electron chi connectivity index (χ3n) is 4.76. The second kappa shape index (κ2) is 11.3. The van der Waals surface area contributed by atoms with Crippen molar-refractivity contribution < 1.29 is 14.4 Å². The first kappa shape index (κ1) is 22.6. The van der Waals surface area contributed by atoms with Crippen molar-refractivity contribution in [2.45, 2.75) is 12.8 Å². The van der Waals surface area contributed by atoms with Crippen molar-refractivity contribution in [3.63, 3.8) is 0 Å². The molecular formula is C25H26N4O3. The zero-order valence-electron chi connectivity index (χ0n) is 17.9. The highest BCUT2D eigenvalue weighted by molar-refractivity contribution is 5.96. The van der Waals surface area contributed by atoms with Crippen LogP contribution in [0.15, 0.2) is 78.9 Å². The number of carbonyl (C=O) groups excluding carboxylic acids is 3. The van der Waals surface area contributed by atoms with E-state index in [9.17, 15) is 14.4 Å². The Morgan fingerprint density at radius 1 is 0.688 bits per heavy atom. The summed E-state index contributed by atoms with van der Waals surface area (Å²) in [7, 11) is 1.57. The standard InChI is InChI=1S/C25H26N4O3/c1-26-25(32)19-8-10-21(11-9-19)29-24(31)17-27-20-12-14-22(15-13-20)28-23(30)16-7-18-5-3-2-4-6-18/h2-6,8-15,27H,7,16-17H2,1H3,(H,26,32)(H,28,30)(H,29,31). The molecule has 4 N–H and O–H groups in total. The van der Waals surface area contributed by atoms with Gasteiger partial charge in [-0.3, -0.25) is 14.4 Å². The summed E-state index contributed by atoms with van der Waals surface area (Å²) in [6, 6.07) is 23.7. The van der Waals surface area contributed by atoms with Crippen molar-refractivity contribution in [2.75, 3.05) is 29.5 Å². The number of rotatable bonds is 9. The highest BCUT2D eigenvalue weighted by Gasteiger charge is 2.06. The summed E-state index contributed by atoms with van der Waals surface area (Å²) in [5.41, 5.74) is 3.73. The van der Waals surface area contributed by atoms with E-state index < -0.39 is 0 Å². The van der Waals surface area contributed by atoms with Crippen molar-refractivity contribution in [1.29, 1.82) is 0 Å². The van der Waals surface area contributed by atoms with E-state index >= 15 is 0 Å². The van der Waals surface area contributed by atoms with E-state index in [0.717, 1.165) is 11.3 Å². The monoisotopic (exact) mass is 430 g/mol. The van der Waals surface area contributed by atoms with Gasteiger partial charge in [-0.1, -0.05) is 30.3 Å². The molecule has 0 bridgehead atoms. The Bertz CT molecular complexity index is 1050. The summed E-state index contributed by atoms with van der Waals surface area (Å²) in [4.78, 5) is 35.8. The summed E-state index contributed by atoms with van der Waals surface area (Å²) in [5, 5.41) is 11.2. The largest absolute Gasteiger partial charge is 0.376 e. The summed E-state index contributed by atoms with van der Waals surface area (Å²) in [5.74, 6) is -0.437. The summed E-state index contributed by atoms with van der Waals surface area (Å²) in [6.07, 6.45) is 1.10. The Morgan fingerprint density at radius 3 is 1.88 bits per heavy atom. The van der Waals surface area contributed by atoms with Gasteiger partial charge in [0, 0.05) is 36.1 Å². The Labute approximate surface area is 187 Å². The van der Waals surface area contributed by atoms with Gasteiger partial charge in [0.1, 0.15) is 0 Å². The fraction of sp³-hybridized carbons (Fsp3) is 0.160. The lowest BCUT2D eigenvalue weighted by atomic mass is 10.1. The number of benzene rings is 3. The van der Waals surface area contributed by atoms with Crippen molar-refractivity contribution in [1.82, 2.24) is 5.32 Å². The molecule has 32 heavy (non-hydrogen) atoms. The van der Waals surface area contributed by atoms with Crippen LogP contribution in [0.2, 0.25) is 0 Å². The summed E-state index contributed by atoms with van der Waals surface area (Å²) in [6.45, 7) is 0.0833. The lowest BCUT2D eigenvalue weighted by molar-refractivity contribution is -0.116. The van der Waals surface area contributed by atoms with Gasteiger partial charge in [-0.25, -0.2) is 0 Å². The molecule has 0 spiro atoms. The molecule has 0 aliphatic carbocycles. The molecule has 0 atom stereocenters. The molecule has 3 aromatic rings. The van der Waals surface area contributed by atoms with Crippen LogP contribution in [0.4, 0.5) is 17.1 Å². The van der Waals surface area contributed by atoms with E-state index in [1.54, 1.807) is 55.6 Å². The number of amides is 3. The molecule has 7 nitrogen and oxygen atoms in total. The highest BCUT2D eigenvalue weighted by atomic mass is 16.2. The predicted octanol–water partition coefficient (Wildman–Crippen LogP) is 3.67. The van der Waals surface area contributed by atoms with E-state index in [-0.39, 0.29) is 24.3 Å². The first-order chi connectivity index (χ1) is 15.5. The first-order valence-corrected chi connectivity index (χ1v) is 10.3. The smallest absolute Gasteiger partial charge is 0.251 e. The molecular weight excluding hydrogens is 404 g/mol. The maximum absolute atomic E-state index is 12.2. The Balaban J connectivity index is 1.41. The van der Waals surface area contributed by atoms with Crippen LogP contribution in [-0.4, -0.2) is 31.3 Å². The van der Waals surface area contributed by atoms with Crippen molar-refractivity contribution in [3.05, 3.63) is 90.0 Å². The molecule has 3 rings (SSSR count). The normalized spacial score (nSPS) is 10.2. The molecule has 0 saturated carbocycles. The van der Waals surface area contributed by atoms with Crippen LogP contribution in [-0.2, 0) is 16.0 Å². The number of hydrogen-bond donors (Lipinski definition) is 4. The minimum Gasteiger partial charge on any atom is -0.376 e. The predicted molar refractivity (Wildman–Crippen MR) is 127 cm³/mol. The van der Waals surface area contributed by atoms with Crippen LogP contribution in [0.3, 0.4) is 0 Å². The van der Waals surface area contributed by atoms with Gasteiger partial charge in [0.05, 0.1) is 6.54 Å². The number of nitrogens with one attached hydrogen (secondary N) is 4. The maximum atomic E-state index is 12.2. The molecule has 3 amide bonds. The van der Waals surface area contributed by atoms with Crippen LogP contribution in [0.5, 0.6) is 0 Å². The Morgan fingerprint density at radius 2 is 1.25 bits per heavy atom. The minimum absolute atomic E-state index is 0.0450. The van der Waals surface area contributed by atoms with Crippen molar-refractivity contribution in [2.24, 2.45) is 0 Å². The second-order valence-corrected chi connectivity index (χ2v) is 7.17. The van der Waals surface area contributed by atoms with Crippen molar-refractivity contribution >= 4 is 34.8 Å². The molecule has 0 radical (unpaired) electrons. The minimum atomic E-state index is -0.212. The zero-order valence-corrected chi connectivity index (χ0v) is 17.9. The number of aryl methyl sites for hydroxylation is 1. The summed E-state index contributed by atoms with van der Waals surface area (Å²) < 4.78 is 0. The van der Waals surface area contributed by atoms with E-state index in [1.165, 1.54) is 0 Å². The van der Waals surface area contributed by atoms with Crippen LogP contribution >= 0.6 is 0 Å². The van der Waals surface area contributed by atoms with Gasteiger partial charge in [0.2, 0.25) is 11.8 Å². The fourth-order valence-electron chi connectivity index (χ4n) is 3.03. The lowest BCUT2D eigenvalue weighted by Crippen LogP contribution is -2.22. The van der Waals surface area contributed by atoms with Crippen LogP contribution in [0.25, 0.3) is 0 Å². The Hall–Kier alpha value is -4.13. The van der Waals surface area contributed by atoms with E-state index in [2.05, 4.69) is 21.3 Å². The highest BCUT2D eigenvalue weighted by Crippen LogP contribution is 2.15. The van der Waals surface area contributed by atoms with Gasteiger partial charge in [-0.2, -0.15) is 0 Å². The molecule has 0 saturated heterocycles. The van der Waals surface area contributed by atoms with Gasteiger partial charge in [-0.05, 0) is 60.5 Å². The van der Waals surface area contributed by atoms with Gasteiger partial charge in [0.25, 0.3) is 5.91 Å². The fourth-order valence-corrected chi connectivity index (χ4v) is 3.03. The molecule has 164 valence electrons. The Kier molecular flexibility index (Phi) is 7.97.